The highest BCUT2D eigenvalue weighted by Crippen LogP contribution is 2.22. The molecule has 1 saturated heterocycles. The molecule has 3 heterocycles. The standard InChI is InChI=1S/C19H20N4O2S2/c24-17(20-15-5-2-1-3-6-15)14-8-10-22(11-9-14)13-23-19(26)25-18(21-23)16-7-4-12-27-16/h1-7,12,14H,8-11,13H2,(H,20,24)/p+1. The molecule has 6 nitrogen and oxygen atoms in total. The molecule has 1 aliphatic heterocycles. The molecule has 1 aromatic carbocycles. The van der Waals surface area contributed by atoms with E-state index >= 15 is 0 Å². The lowest BCUT2D eigenvalue weighted by molar-refractivity contribution is -0.929. The van der Waals surface area contributed by atoms with Gasteiger partial charge >= 0.3 is 0 Å². The van der Waals surface area contributed by atoms with E-state index in [9.17, 15) is 4.79 Å². The zero-order chi connectivity index (χ0) is 18.6. The summed E-state index contributed by atoms with van der Waals surface area (Å²) in [6.45, 7) is 2.49. The highest BCUT2D eigenvalue weighted by atomic mass is 32.1. The van der Waals surface area contributed by atoms with Crippen LogP contribution in [0.25, 0.3) is 10.8 Å². The van der Waals surface area contributed by atoms with Gasteiger partial charge in [-0.1, -0.05) is 24.3 Å². The fourth-order valence-corrected chi connectivity index (χ4v) is 4.16. The van der Waals surface area contributed by atoms with Crippen molar-refractivity contribution in [1.29, 1.82) is 0 Å². The quantitative estimate of drug-likeness (QED) is 0.646. The third-order valence-electron chi connectivity index (χ3n) is 4.82. The van der Waals surface area contributed by atoms with Crippen LogP contribution in [0.3, 0.4) is 0 Å². The summed E-state index contributed by atoms with van der Waals surface area (Å²) in [7, 11) is 0. The minimum absolute atomic E-state index is 0.0564. The monoisotopic (exact) mass is 401 g/mol. The van der Waals surface area contributed by atoms with Crippen LogP contribution in [-0.4, -0.2) is 28.8 Å². The molecule has 0 spiro atoms. The van der Waals surface area contributed by atoms with E-state index in [2.05, 4.69) is 10.4 Å². The lowest BCUT2D eigenvalue weighted by Crippen LogP contribution is -3.12. The van der Waals surface area contributed by atoms with Crippen molar-refractivity contribution in [2.45, 2.75) is 19.5 Å². The lowest BCUT2D eigenvalue weighted by atomic mass is 9.96. The summed E-state index contributed by atoms with van der Waals surface area (Å²) in [5.41, 5.74) is 0.854. The van der Waals surface area contributed by atoms with Crippen molar-refractivity contribution in [3.8, 4) is 10.8 Å². The Bertz CT molecular complexity index is 942. The summed E-state index contributed by atoms with van der Waals surface area (Å²) in [4.78, 5) is 15.2. The average molecular weight is 402 g/mol. The zero-order valence-electron chi connectivity index (χ0n) is 14.8. The van der Waals surface area contributed by atoms with Gasteiger partial charge in [-0.2, -0.15) is 4.68 Å². The third kappa shape index (κ3) is 4.35. The van der Waals surface area contributed by atoms with Crippen molar-refractivity contribution in [2.24, 2.45) is 5.92 Å². The first-order chi connectivity index (χ1) is 13.2. The van der Waals surface area contributed by atoms with Crippen LogP contribution in [0.2, 0.25) is 0 Å². The van der Waals surface area contributed by atoms with Crippen LogP contribution in [0.15, 0.2) is 52.3 Å². The van der Waals surface area contributed by atoms with E-state index in [4.69, 9.17) is 16.6 Å². The Morgan fingerprint density at radius 1 is 1.26 bits per heavy atom. The van der Waals surface area contributed by atoms with Crippen molar-refractivity contribution in [1.82, 2.24) is 9.78 Å². The number of hydrogen-bond acceptors (Lipinski definition) is 5. The van der Waals surface area contributed by atoms with Gasteiger partial charge < -0.3 is 14.6 Å². The van der Waals surface area contributed by atoms with E-state index in [0.29, 0.717) is 17.4 Å². The Balaban J connectivity index is 1.32. The Labute approximate surface area is 166 Å². The number of para-hydroxylation sites is 1. The molecule has 0 aliphatic carbocycles. The SMILES string of the molecule is O=C(Nc1ccccc1)C1CC[NH+](Cn2nc(-c3cccs3)oc2=S)CC1. The van der Waals surface area contributed by atoms with Crippen molar-refractivity contribution < 1.29 is 14.1 Å². The largest absolute Gasteiger partial charge is 0.408 e. The number of carbonyl (C=O) groups is 1. The second-order valence-corrected chi connectivity index (χ2v) is 7.98. The van der Waals surface area contributed by atoms with Crippen LogP contribution in [-0.2, 0) is 11.5 Å². The van der Waals surface area contributed by atoms with Gasteiger partial charge in [-0.15, -0.1) is 16.4 Å². The maximum atomic E-state index is 12.5. The van der Waals surface area contributed by atoms with Gasteiger partial charge in [0.15, 0.2) is 6.67 Å². The number of nitrogens with zero attached hydrogens (tertiary/aromatic N) is 2. The van der Waals surface area contributed by atoms with Crippen LogP contribution in [0, 0.1) is 10.8 Å². The smallest absolute Gasteiger partial charge is 0.292 e. The van der Waals surface area contributed by atoms with Crippen LogP contribution in [0.1, 0.15) is 12.8 Å². The fraction of sp³-hybridized carbons (Fsp3) is 0.316. The number of nitrogens with one attached hydrogen (secondary N) is 2. The highest BCUT2D eigenvalue weighted by Gasteiger charge is 2.28. The lowest BCUT2D eigenvalue weighted by Gasteiger charge is -2.28. The first-order valence-electron chi connectivity index (χ1n) is 9.00. The highest BCUT2D eigenvalue weighted by molar-refractivity contribution is 7.71. The number of amides is 1. The molecular formula is C19H21N4O2S2+. The Kier molecular flexibility index (Phi) is 5.47. The van der Waals surface area contributed by atoms with Gasteiger partial charge in [0.1, 0.15) is 0 Å². The number of aromatic nitrogens is 2. The van der Waals surface area contributed by atoms with Crippen LogP contribution in [0.5, 0.6) is 0 Å². The summed E-state index contributed by atoms with van der Waals surface area (Å²) in [6, 6.07) is 13.6. The predicted molar refractivity (Wildman–Crippen MR) is 107 cm³/mol. The summed E-state index contributed by atoms with van der Waals surface area (Å²) >= 11 is 6.90. The van der Waals surface area contributed by atoms with E-state index in [1.165, 1.54) is 4.90 Å². The number of carbonyl (C=O) groups excluding carboxylic acids is 1. The predicted octanol–water partition coefficient (Wildman–Crippen LogP) is 2.83. The molecule has 1 fully saturated rings. The first-order valence-corrected chi connectivity index (χ1v) is 10.3. The Hall–Kier alpha value is -2.29. The third-order valence-corrected chi connectivity index (χ3v) is 5.97. The molecule has 2 aromatic heterocycles. The molecular weight excluding hydrogens is 380 g/mol. The minimum Gasteiger partial charge on any atom is -0.408 e. The minimum atomic E-state index is 0.0564. The number of anilines is 1. The second-order valence-electron chi connectivity index (χ2n) is 6.69. The van der Waals surface area contributed by atoms with Crippen molar-refractivity contribution in [2.75, 3.05) is 18.4 Å². The Morgan fingerprint density at radius 3 is 2.74 bits per heavy atom. The van der Waals surface area contributed by atoms with Crippen LogP contribution in [0.4, 0.5) is 5.69 Å². The molecule has 2 N–H and O–H groups in total. The number of rotatable bonds is 5. The fourth-order valence-electron chi connectivity index (χ4n) is 3.33. The summed E-state index contributed by atoms with van der Waals surface area (Å²) < 4.78 is 7.38. The van der Waals surface area contributed by atoms with Gasteiger partial charge in [0.25, 0.3) is 10.7 Å². The van der Waals surface area contributed by atoms with E-state index in [1.54, 1.807) is 16.0 Å². The Morgan fingerprint density at radius 2 is 2.04 bits per heavy atom. The molecule has 0 saturated carbocycles. The first kappa shape index (κ1) is 18.1. The van der Waals surface area contributed by atoms with E-state index in [1.807, 2.05) is 47.8 Å². The summed E-state index contributed by atoms with van der Waals surface area (Å²) in [6.07, 6.45) is 1.72. The van der Waals surface area contributed by atoms with Gasteiger partial charge in [-0.3, -0.25) is 4.79 Å². The van der Waals surface area contributed by atoms with Gasteiger partial charge in [-0.25, -0.2) is 0 Å². The number of benzene rings is 1. The summed E-state index contributed by atoms with van der Waals surface area (Å²) in [5.74, 6) is 0.741. The van der Waals surface area contributed by atoms with Gasteiger partial charge in [0, 0.05) is 24.4 Å². The number of piperidine rings is 1. The molecule has 4 rings (SSSR count). The molecule has 0 atom stereocenters. The molecule has 3 aromatic rings. The van der Waals surface area contributed by atoms with Gasteiger partial charge in [0.05, 0.1) is 18.0 Å². The topological polar surface area (TPSA) is 64.5 Å². The van der Waals surface area contributed by atoms with Crippen LogP contribution >= 0.6 is 23.6 Å². The van der Waals surface area contributed by atoms with Gasteiger partial charge in [0.2, 0.25) is 5.91 Å². The number of likely N-dealkylation sites (tertiary alicyclic amines) is 1. The van der Waals surface area contributed by atoms with Gasteiger partial charge in [-0.05, 0) is 35.8 Å². The second kappa shape index (κ2) is 8.16. The van der Waals surface area contributed by atoms with Crippen molar-refractivity contribution in [3.63, 3.8) is 0 Å². The normalized spacial score (nSPS) is 19.7. The molecule has 1 aliphatic rings. The van der Waals surface area contributed by atoms with Crippen LogP contribution < -0.4 is 10.2 Å². The number of thiophene rings is 1. The molecule has 0 unspecified atom stereocenters. The number of hydrogen-bond donors (Lipinski definition) is 2. The molecule has 140 valence electrons. The molecule has 1 amide bonds. The van der Waals surface area contributed by atoms with Crippen molar-refractivity contribution in [3.05, 3.63) is 52.7 Å². The van der Waals surface area contributed by atoms with Crippen molar-refractivity contribution >= 4 is 35.1 Å². The number of quaternary nitrogens is 1. The van der Waals surface area contributed by atoms with E-state index in [0.717, 1.165) is 36.5 Å². The summed E-state index contributed by atoms with van der Waals surface area (Å²) in [5, 5.41) is 9.51. The zero-order valence-corrected chi connectivity index (χ0v) is 16.4. The molecule has 0 bridgehead atoms. The van der Waals surface area contributed by atoms with E-state index < -0.39 is 0 Å². The average Bonchev–Trinajstić information content (AvgIpc) is 3.34. The maximum absolute atomic E-state index is 12.5. The molecule has 0 radical (unpaired) electrons. The molecule has 27 heavy (non-hydrogen) atoms. The maximum Gasteiger partial charge on any atom is 0.292 e. The molecule has 8 heteroatoms. The van der Waals surface area contributed by atoms with E-state index in [-0.39, 0.29) is 11.8 Å².